The number of halogens is 1. The van der Waals surface area contributed by atoms with Crippen molar-refractivity contribution in [1.29, 1.82) is 0 Å². The minimum atomic E-state index is -0.130. The van der Waals surface area contributed by atoms with Gasteiger partial charge in [0.15, 0.2) is 0 Å². The number of hydrogen-bond acceptors (Lipinski definition) is 4. The summed E-state index contributed by atoms with van der Waals surface area (Å²) in [7, 11) is 3.42. The van der Waals surface area contributed by atoms with Gasteiger partial charge < -0.3 is 15.4 Å². The summed E-state index contributed by atoms with van der Waals surface area (Å²) in [6, 6.07) is 7.14. The van der Waals surface area contributed by atoms with Gasteiger partial charge in [-0.25, -0.2) is 0 Å². The van der Waals surface area contributed by atoms with E-state index in [-0.39, 0.29) is 18.5 Å². The summed E-state index contributed by atoms with van der Waals surface area (Å²) in [5.41, 5.74) is 1.69. The molecule has 23 heavy (non-hydrogen) atoms. The summed E-state index contributed by atoms with van der Waals surface area (Å²) in [6.07, 6.45) is 2.61. The zero-order chi connectivity index (χ0) is 16.8. The number of carbonyl (C=O) groups excluding carboxylic acids is 1. The van der Waals surface area contributed by atoms with E-state index in [1.54, 1.807) is 24.4 Å². The molecule has 2 aromatic rings. The van der Waals surface area contributed by atoms with Crippen molar-refractivity contribution in [2.45, 2.75) is 19.4 Å². The first-order chi connectivity index (χ1) is 11.0. The normalized spacial score (nSPS) is 12.0. The summed E-state index contributed by atoms with van der Waals surface area (Å²) in [5, 5.41) is 10.7. The maximum Gasteiger partial charge on any atom is 0.238 e. The molecule has 0 aliphatic rings. The Hall–Kier alpha value is -2.05. The van der Waals surface area contributed by atoms with Crippen LogP contribution in [0, 0.1) is 0 Å². The van der Waals surface area contributed by atoms with Crippen molar-refractivity contribution >= 4 is 23.2 Å². The van der Waals surface area contributed by atoms with E-state index in [0.29, 0.717) is 16.5 Å². The van der Waals surface area contributed by atoms with Crippen LogP contribution < -0.4 is 15.4 Å². The quantitative estimate of drug-likeness (QED) is 0.815. The van der Waals surface area contributed by atoms with Crippen molar-refractivity contribution < 1.29 is 9.53 Å². The second-order valence-corrected chi connectivity index (χ2v) is 5.53. The Bertz CT molecular complexity index is 672. The van der Waals surface area contributed by atoms with E-state index in [1.807, 2.05) is 17.8 Å². The van der Waals surface area contributed by atoms with Crippen molar-refractivity contribution in [2.75, 3.05) is 19.0 Å². The molecular formula is C16H21ClN4O2. The molecule has 0 saturated heterocycles. The van der Waals surface area contributed by atoms with Gasteiger partial charge in [0.25, 0.3) is 0 Å². The van der Waals surface area contributed by atoms with Crippen molar-refractivity contribution in [3.63, 3.8) is 0 Å². The molecule has 0 aliphatic carbocycles. The van der Waals surface area contributed by atoms with Crippen molar-refractivity contribution in [1.82, 2.24) is 15.1 Å². The Morgan fingerprint density at radius 2 is 2.22 bits per heavy atom. The highest BCUT2D eigenvalue weighted by molar-refractivity contribution is 6.32. The number of hydrogen-bond donors (Lipinski definition) is 2. The van der Waals surface area contributed by atoms with Gasteiger partial charge in [-0.2, -0.15) is 5.10 Å². The van der Waals surface area contributed by atoms with Crippen LogP contribution in [0.5, 0.6) is 5.75 Å². The molecule has 0 radical (unpaired) electrons. The first kappa shape index (κ1) is 17.3. The van der Waals surface area contributed by atoms with Gasteiger partial charge in [-0.05, 0) is 24.6 Å². The van der Waals surface area contributed by atoms with E-state index < -0.39 is 0 Å². The highest BCUT2D eigenvalue weighted by Gasteiger charge is 2.14. The Balaban J connectivity index is 1.93. The first-order valence-corrected chi connectivity index (χ1v) is 7.77. The Labute approximate surface area is 140 Å². The van der Waals surface area contributed by atoms with Crippen LogP contribution in [0.15, 0.2) is 30.5 Å². The second-order valence-electron chi connectivity index (χ2n) is 5.12. The lowest BCUT2D eigenvalue weighted by molar-refractivity contribution is -0.115. The molecule has 0 spiro atoms. The first-order valence-electron chi connectivity index (χ1n) is 7.39. The molecular weight excluding hydrogens is 316 g/mol. The van der Waals surface area contributed by atoms with Gasteiger partial charge >= 0.3 is 0 Å². The average Bonchev–Trinajstić information content (AvgIpc) is 2.96. The van der Waals surface area contributed by atoms with Gasteiger partial charge in [0.05, 0.1) is 24.4 Å². The maximum atomic E-state index is 12.1. The molecule has 0 fully saturated rings. The number of amides is 1. The van der Waals surface area contributed by atoms with E-state index in [4.69, 9.17) is 16.3 Å². The minimum Gasteiger partial charge on any atom is -0.495 e. The van der Waals surface area contributed by atoms with Crippen LogP contribution in [-0.2, 0) is 11.8 Å². The van der Waals surface area contributed by atoms with Crippen LogP contribution in [0.1, 0.15) is 25.1 Å². The molecule has 2 rings (SSSR count). The molecule has 1 heterocycles. The predicted molar refractivity (Wildman–Crippen MR) is 90.9 cm³/mol. The van der Waals surface area contributed by atoms with Gasteiger partial charge in [-0.15, -0.1) is 0 Å². The smallest absolute Gasteiger partial charge is 0.238 e. The fraction of sp³-hybridized carbons (Fsp3) is 0.375. The number of benzene rings is 1. The van der Waals surface area contributed by atoms with Gasteiger partial charge in [-0.3, -0.25) is 9.48 Å². The number of methoxy groups -OCH3 is 1. The molecule has 0 saturated carbocycles. The summed E-state index contributed by atoms with van der Waals surface area (Å²) in [5.74, 6) is 0.397. The van der Waals surface area contributed by atoms with Crippen molar-refractivity contribution in [3.8, 4) is 5.75 Å². The van der Waals surface area contributed by atoms with Gasteiger partial charge in [-0.1, -0.05) is 18.5 Å². The second kappa shape index (κ2) is 7.99. The monoisotopic (exact) mass is 336 g/mol. The van der Waals surface area contributed by atoms with Crippen molar-refractivity contribution in [2.24, 2.45) is 7.05 Å². The zero-order valence-corrected chi connectivity index (χ0v) is 14.2. The maximum absolute atomic E-state index is 12.1. The zero-order valence-electron chi connectivity index (χ0n) is 13.5. The summed E-state index contributed by atoms with van der Waals surface area (Å²) in [6.45, 7) is 2.27. The molecule has 1 atom stereocenters. The average molecular weight is 337 g/mol. The topological polar surface area (TPSA) is 68.2 Å². The van der Waals surface area contributed by atoms with Crippen molar-refractivity contribution in [3.05, 3.63) is 41.2 Å². The summed E-state index contributed by atoms with van der Waals surface area (Å²) in [4.78, 5) is 12.1. The fourth-order valence-electron chi connectivity index (χ4n) is 2.34. The lowest BCUT2D eigenvalue weighted by Crippen LogP contribution is -2.32. The molecule has 1 amide bonds. The number of nitrogens with one attached hydrogen (secondary N) is 2. The molecule has 1 aromatic carbocycles. The lowest BCUT2D eigenvalue weighted by atomic mass is 10.1. The van der Waals surface area contributed by atoms with Gasteiger partial charge in [0, 0.05) is 31.0 Å². The lowest BCUT2D eigenvalue weighted by Gasteiger charge is -2.17. The van der Waals surface area contributed by atoms with Crippen LogP contribution in [0.3, 0.4) is 0 Å². The number of carbonyl (C=O) groups is 1. The van der Waals surface area contributed by atoms with Crippen LogP contribution >= 0.6 is 11.6 Å². The van der Waals surface area contributed by atoms with Crippen LogP contribution in [-0.4, -0.2) is 29.3 Å². The molecule has 124 valence electrons. The SMILES string of the molecule is CCC(NCC(=O)Nc1ccc(Cl)c(OC)c1)c1ccnn1C. The number of aryl methyl sites for hydroxylation is 1. The van der Waals surface area contributed by atoms with Gasteiger partial charge in [0.2, 0.25) is 5.91 Å². The molecule has 2 N–H and O–H groups in total. The fourth-order valence-corrected chi connectivity index (χ4v) is 2.54. The largest absolute Gasteiger partial charge is 0.495 e. The van der Waals surface area contributed by atoms with Crippen LogP contribution in [0.4, 0.5) is 5.69 Å². The number of aromatic nitrogens is 2. The Kier molecular flexibility index (Phi) is 6.01. The highest BCUT2D eigenvalue weighted by atomic mass is 35.5. The summed E-state index contributed by atoms with van der Waals surface area (Å²) < 4.78 is 6.95. The third-order valence-corrected chi connectivity index (χ3v) is 3.88. The molecule has 0 bridgehead atoms. The van der Waals surface area contributed by atoms with E-state index in [1.165, 1.54) is 7.11 Å². The number of rotatable bonds is 7. The highest BCUT2D eigenvalue weighted by Crippen LogP contribution is 2.27. The third-order valence-electron chi connectivity index (χ3n) is 3.57. The molecule has 7 heteroatoms. The number of ether oxygens (including phenoxy) is 1. The van der Waals surface area contributed by atoms with E-state index >= 15 is 0 Å². The van der Waals surface area contributed by atoms with E-state index in [9.17, 15) is 4.79 Å². The van der Waals surface area contributed by atoms with E-state index in [0.717, 1.165) is 12.1 Å². The third kappa shape index (κ3) is 4.46. The number of anilines is 1. The molecule has 0 aliphatic heterocycles. The Morgan fingerprint density at radius 3 is 2.83 bits per heavy atom. The standard InChI is InChI=1S/C16H21ClN4O2/c1-4-13(14-7-8-19-21(14)2)18-10-16(22)20-11-5-6-12(17)15(9-11)23-3/h5-9,13,18H,4,10H2,1-3H3,(H,20,22). The Morgan fingerprint density at radius 1 is 1.43 bits per heavy atom. The molecule has 6 nitrogen and oxygen atoms in total. The minimum absolute atomic E-state index is 0.0769. The van der Waals surface area contributed by atoms with Crippen LogP contribution in [0.2, 0.25) is 5.02 Å². The molecule has 1 unspecified atom stereocenters. The van der Waals surface area contributed by atoms with Gasteiger partial charge in [0.1, 0.15) is 5.75 Å². The molecule has 1 aromatic heterocycles. The number of nitrogens with zero attached hydrogens (tertiary/aromatic N) is 2. The summed E-state index contributed by atoms with van der Waals surface area (Å²) >= 11 is 5.97. The van der Waals surface area contributed by atoms with E-state index in [2.05, 4.69) is 22.7 Å². The van der Waals surface area contributed by atoms with Crippen LogP contribution in [0.25, 0.3) is 0 Å². The predicted octanol–water partition coefficient (Wildman–Crippen LogP) is 2.76.